The molecule has 4 aromatic carbocycles. The van der Waals surface area contributed by atoms with Crippen LogP contribution in [0.3, 0.4) is 0 Å². The molecule has 0 fully saturated rings. The standard InChI is InChI=1S/C25H22AsSe.HI/c1-5-13-22(14-6-1)26(23-15-7-2-8-16-23,24-17-9-3-10-18-24)21-27-25-19-11-4-12-20-25;/h1-20H,21H2;1H/q+1;/p-1. The molecular formula is C25H22AsISe. The zero-order valence-corrected chi connectivity index (χ0v) is 21.2. The third-order valence-corrected chi connectivity index (χ3v) is 20.2. The average molecular weight is 603 g/mol. The van der Waals surface area contributed by atoms with E-state index in [2.05, 4.69) is 121 Å². The summed E-state index contributed by atoms with van der Waals surface area (Å²) >= 11 is -2.10. The maximum atomic E-state index is 2.36. The topological polar surface area (TPSA) is 0 Å². The Bertz CT molecular complexity index is 864. The molecule has 0 amide bonds. The molecule has 140 valence electrons. The SMILES string of the molecule is [I-].c1ccc([Se]C[As+](c2ccccc2)(c2ccccc2)c2ccccc2)cc1. The molecule has 4 aromatic rings. The third kappa shape index (κ3) is 4.63. The summed E-state index contributed by atoms with van der Waals surface area (Å²) in [6.07, 6.45) is 0. The molecule has 0 nitrogen and oxygen atoms in total. The van der Waals surface area contributed by atoms with Gasteiger partial charge in [-0.15, -0.1) is 0 Å². The molecular weight excluding hydrogens is 581 g/mol. The van der Waals surface area contributed by atoms with Crippen LogP contribution in [-0.4, -0.2) is 28.5 Å². The number of halogens is 1. The van der Waals surface area contributed by atoms with E-state index in [1.807, 2.05) is 0 Å². The van der Waals surface area contributed by atoms with Gasteiger partial charge in [-0.3, -0.25) is 0 Å². The molecule has 0 unspecified atom stereocenters. The fourth-order valence-corrected chi connectivity index (χ4v) is 20.6. The van der Waals surface area contributed by atoms with Crippen molar-refractivity contribution >= 4 is 46.0 Å². The van der Waals surface area contributed by atoms with Gasteiger partial charge in [0, 0.05) is 0 Å². The van der Waals surface area contributed by atoms with E-state index in [1.165, 1.54) is 21.6 Å². The molecule has 0 saturated carbocycles. The summed E-state index contributed by atoms with van der Waals surface area (Å²) in [5, 5.41) is 0. The summed E-state index contributed by atoms with van der Waals surface area (Å²) in [6.45, 7) is 0. The second-order valence-electron chi connectivity index (χ2n) is 6.40. The Labute approximate surface area is 194 Å². The minimum absolute atomic E-state index is 0. The van der Waals surface area contributed by atoms with Crippen LogP contribution in [0.15, 0.2) is 121 Å². The van der Waals surface area contributed by atoms with Crippen molar-refractivity contribution in [2.75, 3.05) is 0 Å². The predicted molar refractivity (Wildman–Crippen MR) is 121 cm³/mol. The van der Waals surface area contributed by atoms with Gasteiger partial charge in [0.05, 0.1) is 0 Å². The molecule has 3 heteroatoms. The van der Waals surface area contributed by atoms with Crippen molar-refractivity contribution in [3.8, 4) is 0 Å². The van der Waals surface area contributed by atoms with Gasteiger partial charge in [0.15, 0.2) is 0 Å². The number of hydrogen-bond donors (Lipinski definition) is 0. The fourth-order valence-electron chi connectivity index (χ4n) is 3.41. The maximum absolute atomic E-state index is 2.54. The van der Waals surface area contributed by atoms with E-state index in [4.69, 9.17) is 0 Å². The summed E-state index contributed by atoms with van der Waals surface area (Å²) in [7, 11) is 0. The Hall–Kier alpha value is -1.31. The van der Waals surface area contributed by atoms with E-state index < -0.39 is 13.6 Å². The summed E-state index contributed by atoms with van der Waals surface area (Å²) < 4.78 is 7.34. The van der Waals surface area contributed by atoms with Crippen LogP contribution < -0.4 is 41.5 Å². The van der Waals surface area contributed by atoms with Gasteiger partial charge in [-0.2, -0.15) is 0 Å². The number of hydrogen-bond acceptors (Lipinski definition) is 0. The molecule has 0 spiro atoms. The first kappa shape index (κ1) is 21.4. The van der Waals surface area contributed by atoms with Crippen LogP contribution in [0.1, 0.15) is 0 Å². The van der Waals surface area contributed by atoms with Crippen molar-refractivity contribution in [1.29, 1.82) is 0 Å². The van der Waals surface area contributed by atoms with Gasteiger partial charge in [-0.25, -0.2) is 0 Å². The molecule has 4 rings (SSSR count). The van der Waals surface area contributed by atoms with E-state index >= 15 is 0 Å². The van der Waals surface area contributed by atoms with E-state index in [0.717, 1.165) is 0 Å². The van der Waals surface area contributed by atoms with Crippen LogP contribution in [-0.2, 0) is 0 Å². The van der Waals surface area contributed by atoms with Gasteiger partial charge in [-0.1, -0.05) is 0 Å². The molecule has 0 aliphatic carbocycles. The average Bonchev–Trinajstić information content (AvgIpc) is 2.77. The van der Waals surface area contributed by atoms with Crippen molar-refractivity contribution in [3.05, 3.63) is 121 Å². The van der Waals surface area contributed by atoms with E-state index in [0.29, 0.717) is 15.0 Å². The van der Waals surface area contributed by atoms with Gasteiger partial charge >= 0.3 is 171 Å². The minimum atomic E-state index is -2.54. The van der Waals surface area contributed by atoms with E-state index in [-0.39, 0.29) is 24.0 Å². The zero-order chi connectivity index (χ0) is 18.4. The molecule has 0 saturated heterocycles. The van der Waals surface area contributed by atoms with Crippen molar-refractivity contribution in [3.63, 3.8) is 0 Å². The van der Waals surface area contributed by atoms with Crippen LogP contribution >= 0.6 is 0 Å². The van der Waals surface area contributed by atoms with Gasteiger partial charge < -0.3 is 24.0 Å². The van der Waals surface area contributed by atoms with Crippen LogP contribution in [0.2, 0.25) is 4.11 Å². The second kappa shape index (κ2) is 10.5. The molecule has 0 aliphatic heterocycles. The van der Waals surface area contributed by atoms with Crippen molar-refractivity contribution in [1.82, 2.24) is 0 Å². The first-order valence-corrected chi connectivity index (χ1v) is 15.3. The van der Waals surface area contributed by atoms with Gasteiger partial charge in [0.1, 0.15) is 0 Å². The van der Waals surface area contributed by atoms with Crippen LogP contribution in [0.4, 0.5) is 0 Å². The molecule has 0 radical (unpaired) electrons. The van der Waals surface area contributed by atoms with Gasteiger partial charge in [0.2, 0.25) is 0 Å². The Kier molecular flexibility index (Phi) is 7.99. The molecule has 0 N–H and O–H groups in total. The fraction of sp³-hybridized carbons (Fsp3) is 0.0400. The van der Waals surface area contributed by atoms with Crippen LogP contribution in [0.5, 0.6) is 0 Å². The summed E-state index contributed by atoms with van der Waals surface area (Å²) in [5.74, 6) is 0. The Morgan fingerprint density at radius 1 is 0.464 bits per heavy atom. The van der Waals surface area contributed by atoms with Crippen LogP contribution in [0, 0.1) is 0 Å². The van der Waals surface area contributed by atoms with Crippen LogP contribution in [0.25, 0.3) is 0 Å². The molecule has 0 heterocycles. The Morgan fingerprint density at radius 3 is 1.14 bits per heavy atom. The third-order valence-electron chi connectivity index (χ3n) is 4.76. The summed E-state index contributed by atoms with van der Waals surface area (Å²) in [5.41, 5.74) is 0. The van der Waals surface area contributed by atoms with E-state index in [9.17, 15) is 0 Å². The number of rotatable bonds is 6. The van der Waals surface area contributed by atoms with Crippen molar-refractivity contribution < 1.29 is 24.0 Å². The molecule has 0 atom stereocenters. The van der Waals surface area contributed by atoms with Crippen molar-refractivity contribution in [2.24, 2.45) is 0 Å². The van der Waals surface area contributed by atoms with Gasteiger partial charge in [0.25, 0.3) is 0 Å². The quantitative estimate of drug-likeness (QED) is 0.218. The normalized spacial score (nSPS) is 10.9. The summed E-state index contributed by atoms with van der Waals surface area (Å²) in [4.78, 5) is 0. The monoisotopic (exact) mass is 604 g/mol. The Balaban J connectivity index is 0.00000225. The first-order valence-electron chi connectivity index (χ1n) is 9.12. The Morgan fingerprint density at radius 2 is 0.786 bits per heavy atom. The van der Waals surface area contributed by atoms with E-state index in [1.54, 1.807) is 0 Å². The molecule has 0 aliphatic rings. The molecule has 0 aromatic heterocycles. The number of benzene rings is 4. The predicted octanol–water partition coefficient (Wildman–Crippen LogP) is 0.148. The summed E-state index contributed by atoms with van der Waals surface area (Å²) in [6, 6.07) is 44.7. The zero-order valence-electron chi connectivity index (χ0n) is 15.5. The molecule has 0 bridgehead atoms. The first-order chi connectivity index (χ1) is 13.4. The van der Waals surface area contributed by atoms with Gasteiger partial charge in [-0.05, 0) is 0 Å². The van der Waals surface area contributed by atoms with Crippen molar-refractivity contribution in [2.45, 2.75) is 4.11 Å². The molecule has 28 heavy (non-hydrogen) atoms. The second-order valence-corrected chi connectivity index (χ2v) is 18.0.